The molecule has 1 aromatic heterocycles. The van der Waals surface area contributed by atoms with Gasteiger partial charge in [0.2, 0.25) is 11.8 Å². The molecule has 3 rings (SSSR count). The van der Waals surface area contributed by atoms with Crippen LogP contribution in [0.15, 0.2) is 40.8 Å². The van der Waals surface area contributed by atoms with E-state index in [0.717, 1.165) is 16.7 Å². The van der Waals surface area contributed by atoms with Crippen LogP contribution in [-0.2, 0) is 11.2 Å². The first-order valence-corrected chi connectivity index (χ1v) is 9.59. The Labute approximate surface area is 170 Å². The summed E-state index contributed by atoms with van der Waals surface area (Å²) < 4.78 is 16.8. The van der Waals surface area contributed by atoms with Crippen LogP contribution in [0, 0.1) is 13.8 Å². The number of hydrogen-bond donors (Lipinski definition) is 1. The summed E-state index contributed by atoms with van der Waals surface area (Å²) in [5.41, 5.74) is 3.87. The molecule has 3 aromatic rings. The number of aryl methyl sites for hydroxylation is 2. The fourth-order valence-electron chi connectivity index (χ4n) is 2.96. The second-order valence-corrected chi connectivity index (χ2v) is 6.59. The molecule has 0 saturated carbocycles. The van der Waals surface area contributed by atoms with E-state index in [1.54, 1.807) is 12.1 Å². The molecule has 2 aromatic carbocycles. The standard InChI is InChI=1S/C22H25N3O4/c1-5-27-18-10-9-17(12-19(18)28-6-2)21-24-25-22(29-21)23-20(26)13-16-8-7-14(3)11-15(16)4/h7-12H,5-6,13H2,1-4H3,(H,23,25,26). The average molecular weight is 395 g/mol. The predicted molar refractivity (Wildman–Crippen MR) is 110 cm³/mol. The lowest BCUT2D eigenvalue weighted by Crippen LogP contribution is -2.15. The van der Waals surface area contributed by atoms with E-state index in [4.69, 9.17) is 13.9 Å². The number of anilines is 1. The summed E-state index contributed by atoms with van der Waals surface area (Å²) in [6, 6.07) is 11.4. The number of carbonyl (C=O) groups is 1. The third kappa shape index (κ3) is 5.13. The minimum atomic E-state index is -0.214. The molecule has 0 unspecified atom stereocenters. The lowest BCUT2D eigenvalue weighted by atomic mass is 10.0. The monoisotopic (exact) mass is 395 g/mol. The van der Waals surface area contributed by atoms with E-state index in [-0.39, 0.29) is 24.2 Å². The Balaban J connectivity index is 1.71. The van der Waals surface area contributed by atoms with Gasteiger partial charge < -0.3 is 13.9 Å². The van der Waals surface area contributed by atoms with Crippen LogP contribution in [-0.4, -0.2) is 29.3 Å². The Hall–Kier alpha value is -3.35. The highest BCUT2D eigenvalue weighted by atomic mass is 16.5. The van der Waals surface area contributed by atoms with Crippen molar-refractivity contribution >= 4 is 11.9 Å². The van der Waals surface area contributed by atoms with Gasteiger partial charge in [-0.3, -0.25) is 10.1 Å². The van der Waals surface area contributed by atoms with Crippen LogP contribution in [0.2, 0.25) is 0 Å². The van der Waals surface area contributed by atoms with Crippen molar-refractivity contribution in [2.45, 2.75) is 34.1 Å². The lowest BCUT2D eigenvalue weighted by Gasteiger charge is -2.11. The lowest BCUT2D eigenvalue weighted by molar-refractivity contribution is -0.115. The van der Waals surface area contributed by atoms with Crippen LogP contribution >= 0.6 is 0 Å². The molecule has 0 saturated heterocycles. The van der Waals surface area contributed by atoms with Gasteiger partial charge in [0.25, 0.3) is 0 Å². The molecule has 1 heterocycles. The zero-order chi connectivity index (χ0) is 20.8. The third-order valence-corrected chi connectivity index (χ3v) is 4.31. The first-order valence-electron chi connectivity index (χ1n) is 9.59. The number of amides is 1. The minimum Gasteiger partial charge on any atom is -0.490 e. The summed E-state index contributed by atoms with van der Waals surface area (Å²) in [6.07, 6.45) is 0.237. The van der Waals surface area contributed by atoms with Crippen molar-refractivity contribution in [2.24, 2.45) is 0 Å². The average Bonchev–Trinajstić information content (AvgIpc) is 3.14. The summed E-state index contributed by atoms with van der Waals surface area (Å²) in [7, 11) is 0. The maximum Gasteiger partial charge on any atom is 0.322 e. The van der Waals surface area contributed by atoms with Gasteiger partial charge in [-0.2, -0.15) is 0 Å². The molecule has 0 aliphatic rings. The topological polar surface area (TPSA) is 86.5 Å². The molecule has 0 radical (unpaired) electrons. The zero-order valence-electron chi connectivity index (χ0n) is 17.1. The highest BCUT2D eigenvalue weighted by Crippen LogP contribution is 2.32. The van der Waals surface area contributed by atoms with Gasteiger partial charge in [0.1, 0.15) is 0 Å². The molecule has 7 heteroatoms. The first kappa shape index (κ1) is 20.4. The second-order valence-electron chi connectivity index (χ2n) is 6.59. The zero-order valence-corrected chi connectivity index (χ0v) is 17.1. The van der Waals surface area contributed by atoms with Crippen LogP contribution in [0.5, 0.6) is 11.5 Å². The van der Waals surface area contributed by atoms with E-state index in [9.17, 15) is 4.79 Å². The molecule has 0 bridgehead atoms. The second kappa shape index (κ2) is 9.23. The van der Waals surface area contributed by atoms with E-state index in [1.165, 1.54) is 0 Å². The van der Waals surface area contributed by atoms with E-state index in [1.807, 2.05) is 45.9 Å². The number of benzene rings is 2. The number of ether oxygens (including phenoxy) is 2. The largest absolute Gasteiger partial charge is 0.490 e. The van der Waals surface area contributed by atoms with Crippen molar-refractivity contribution in [3.05, 3.63) is 53.1 Å². The summed E-state index contributed by atoms with van der Waals surface area (Å²) in [4.78, 5) is 12.3. The van der Waals surface area contributed by atoms with E-state index >= 15 is 0 Å². The Bertz CT molecular complexity index is 997. The molecule has 0 aliphatic carbocycles. The van der Waals surface area contributed by atoms with Crippen LogP contribution in [0.4, 0.5) is 6.01 Å². The Morgan fingerprint density at radius 2 is 1.76 bits per heavy atom. The van der Waals surface area contributed by atoms with Gasteiger partial charge in [0.15, 0.2) is 11.5 Å². The number of hydrogen-bond acceptors (Lipinski definition) is 6. The SMILES string of the molecule is CCOc1ccc(-c2nnc(NC(=O)Cc3ccc(C)cc3C)o2)cc1OCC. The van der Waals surface area contributed by atoms with Gasteiger partial charge in [-0.05, 0) is 57.0 Å². The third-order valence-electron chi connectivity index (χ3n) is 4.31. The highest BCUT2D eigenvalue weighted by Gasteiger charge is 2.15. The molecule has 29 heavy (non-hydrogen) atoms. The van der Waals surface area contributed by atoms with Crippen LogP contribution in [0.3, 0.4) is 0 Å². The molecule has 1 N–H and O–H groups in total. The molecule has 1 amide bonds. The number of nitrogens with one attached hydrogen (secondary N) is 1. The Morgan fingerprint density at radius 1 is 1.00 bits per heavy atom. The maximum atomic E-state index is 12.3. The van der Waals surface area contributed by atoms with Gasteiger partial charge in [0.05, 0.1) is 19.6 Å². The molecular weight excluding hydrogens is 370 g/mol. The van der Waals surface area contributed by atoms with Crippen LogP contribution in [0.25, 0.3) is 11.5 Å². The Kier molecular flexibility index (Phi) is 6.49. The first-order chi connectivity index (χ1) is 14.0. The molecule has 152 valence electrons. The van der Waals surface area contributed by atoms with Crippen molar-refractivity contribution < 1.29 is 18.7 Å². The van der Waals surface area contributed by atoms with Crippen molar-refractivity contribution in [1.29, 1.82) is 0 Å². The summed E-state index contributed by atoms with van der Waals surface area (Å²) in [6.45, 7) is 8.87. The maximum absolute atomic E-state index is 12.3. The molecule has 7 nitrogen and oxygen atoms in total. The van der Waals surface area contributed by atoms with Gasteiger partial charge >= 0.3 is 6.01 Å². The highest BCUT2D eigenvalue weighted by molar-refractivity contribution is 5.90. The number of nitrogens with zero attached hydrogens (tertiary/aromatic N) is 2. The van der Waals surface area contributed by atoms with Crippen LogP contribution < -0.4 is 14.8 Å². The molecule has 0 aliphatic heterocycles. The Morgan fingerprint density at radius 3 is 2.48 bits per heavy atom. The summed E-state index contributed by atoms with van der Waals surface area (Å²) in [5.74, 6) is 1.33. The molecular formula is C22H25N3O4. The number of rotatable bonds is 8. The van der Waals surface area contributed by atoms with Gasteiger partial charge in [-0.15, -0.1) is 5.10 Å². The van der Waals surface area contributed by atoms with Gasteiger partial charge in [-0.1, -0.05) is 28.9 Å². The molecule has 0 spiro atoms. The van der Waals surface area contributed by atoms with Crippen molar-refractivity contribution in [2.75, 3.05) is 18.5 Å². The fraction of sp³-hybridized carbons (Fsp3) is 0.318. The van der Waals surface area contributed by atoms with Crippen molar-refractivity contribution in [3.63, 3.8) is 0 Å². The smallest absolute Gasteiger partial charge is 0.322 e. The fourth-order valence-corrected chi connectivity index (χ4v) is 2.96. The summed E-state index contributed by atoms with van der Waals surface area (Å²) in [5, 5.41) is 10.6. The number of carbonyl (C=O) groups excluding carboxylic acids is 1. The quantitative estimate of drug-likeness (QED) is 0.611. The van der Waals surface area contributed by atoms with Crippen molar-refractivity contribution in [1.82, 2.24) is 10.2 Å². The van der Waals surface area contributed by atoms with Gasteiger partial charge in [-0.25, -0.2) is 0 Å². The van der Waals surface area contributed by atoms with E-state index in [2.05, 4.69) is 21.6 Å². The summed E-state index contributed by atoms with van der Waals surface area (Å²) >= 11 is 0. The van der Waals surface area contributed by atoms with Crippen LogP contribution in [0.1, 0.15) is 30.5 Å². The predicted octanol–water partition coefficient (Wildman–Crippen LogP) is 4.33. The van der Waals surface area contributed by atoms with Gasteiger partial charge in [0, 0.05) is 5.56 Å². The van der Waals surface area contributed by atoms with E-state index < -0.39 is 0 Å². The van der Waals surface area contributed by atoms with Crippen molar-refractivity contribution in [3.8, 4) is 23.0 Å². The minimum absolute atomic E-state index is 0.0570. The molecule has 0 atom stereocenters. The number of aromatic nitrogens is 2. The van der Waals surface area contributed by atoms with E-state index in [0.29, 0.717) is 30.3 Å². The molecule has 0 fully saturated rings. The normalized spacial score (nSPS) is 10.6.